The number of amides is 1. The molecule has 4 rings (SSSR count). The average Bonchev–Trinajstić information content (AvgIpc) is 3.30. The summed E-state index contributed by atoms with van der Waals surface area (Å²) < 4.78 is 0. The van der Waals surface area contributed by atoms with E-state index in [1.54, 1.807) is 6.20 Å². The van der Waals surface area contributed by atoms with Gasteiger partial charge >= 0.3 is 0 Å². The van der Waals surface area contributed by atoms with Crippen LogP contribution in [0.25, 0.3) is 5.57 Å². The summed E-state index contributed by atoms with van der Waals surface area (Å²) in [6.45, 7) is 4.15. The van der Waals surface area contributed by atoms with Gasteiger partial charge in [-0.15, -0.1) is 12.4 Å². The molecule has 0 unspecified atom stereocenters. The summed E-state index contributed by atoms with van der Waals surface area (Å²) in [5.74, 6) is 0.00782. The minimum Gasteiger partial charge on any atom is -0.370 e. The van der Waals surface area contributed by atoms with Crippen LogP contribution < -0.4 is 21.7 Å². The van der Waals surface area contributed by atoms with Crippen LogP contribution in [-0.4, -0.2) is 71.9 Å². The molecule has 12 heteroatoms. The molecule has 7 N–H and O–H groups in total. The highest BCUT2D eigenvalue weighted by Gasteiger charge is 2.21. The third-order valence-corrected chi connectivity index (χ3v) is 6.73. The van der Waals surface area contributed by atoms with Gasteiger partial charge in [0, 0.05) is 45.0 Å². The Kier molecular flexibility index (Phi) is 7.77. The lowest BCUT2D eigenvalue weighted by Crippen LogP contribution is -2.50. The molecular weight excluding hydrogens is 462 g/mol. The lowest BCUT2D eigenvalue weighted by Gasteiger charge is -2.34. The van der Waals surface area contributed by atoms with Crippen LogP contribution in [-0.2, 0) is 0 Å². The van der Waals surface area contributed by atoms with Crippen LogP contribution in [0.15, 0.2) is 36.5 Å². The number of thiazole rings is 1. The fourth-order valence-corrected chi connectivity index (χ4v) is 4.63. The monoisotopic (exact) mass is 489 g/mol. The number of halogens is 1. The standard InChI is InChI=1S/C21H27N9OS.ClH/c22-19(23)28-7-5-15(6-8-28)14-1-3-16(4-2-14)27-18(31)17-13-26-21(32-17)30-11-9-29(10-12-30)20(24)25;/h1-5,13H,6-12H2,(H3,22,23)(H3,24,25)(H,27,31);1H. The number of guanidine groups is 2. The molecule has 2 aromatic rings. The topological polar surface area (TPSA) is 151 Å². The van der Waals surface area contributed by atoms with E-state index in [9.17, 15) is 4.79 Å². The van der Waals surface area contributed by atoms with Crippen molar-refractivity contribution in [3.8, 4) is 0 Å². The van der Waals surface area contributed by atoms with E-state index in [2.05, 4.69) is 21.3 Å². The summed E-state index contributed by atoms with van der Waals surface area (Å²) in [5.41, 5.74) is 14.1. The van der Waals surface area contributed by atoms with Gasteiger partial charge in [0.1, 0.15) is 4.88 Å². The van der Waals surface area contributed by atoms with Crippen molar-refractivity contribution in [3.63, 3.8) is 0 Å². The van der Waals surface area contributed by atoms with Crippen LogP contribution in [0, 0.1) is 10.8 Å². The molecule has 0 atom stereocenters. The van der Waals surface area contributed by atoms with Crippen molar-refractivity contribution in [1.29, 1.82) is 10.8 Å². The van der Waals surface area contributed by atoms with Crippen LogP contribution in [0.5, 0.6) is 0 Å². The van der Waals surface area contributed by atoms with Crippen molar-refractivity contribution in [2.45, 2.75) is 6.42 Å². The Morgan fingerprint density at radius 3 is 2.24 bits per heavy atom. The van der Waals surface area contributed by atoms with Crippen LogP contribution in [0.1, 0.15) is 21.7 Å². The van der Waals surface area contributed by atoms with Gasteiger partial charge in [-0.1, -0.05) is 29.5 Å². The number of hydrogen-bond donors (Lipinski definition) is 5. The second-order valence-electron chi connectivity index (χ2n) is 7.71. The average molecular weight is 490 g/mol. The van der Waals surface area contributed by atoms with E-state index in [0.29, 0.717) is 24.5 Å². The molecule has 1 saturated heterocycles. The SMILES string of the molecule is Cl.N=C(N)N1CC=C(c2ccc(NC(=O)c3cnc(N4CCN(C(=N)N)CC4)s3)cc2)CC1. The molecule has 1 amide bonds. The highest BCUT2D eigenvalue weighted by Crippen LogP contribution is 2.26. The molecule has 2 aliphatic heterocycles. The maximum Gasteiger partial charge on any atom is 0.267 e. The molecule has 33 heavy (non-hydrogen) atoms. The molecule has 1 aromatic carbocycles. The highest BCUT2D eigenvalue weighted by atomic mass is 35.5. The van der Waals surface area contributed by atoms with Crippen molar-refractivity contribution in [2.24, 2.45) is 11.5 Å². The summed E-state index contributed by atoms with van der Waals surface area (Å²) in [6, 6.07) is 7.79. The van der Waals surface area contributed by atoms with E-state index >= 15 is 0 Å². The number of anilines is 2. The van der Waals surface area contributed by atoms with Gasteiger partial charge in [-0.3, -0.25) is 15.6 Å². The molecule has 2 aliphatic rings. The maximum absolute atomic E-state index is 12.7. The quantitative estimate of drug-likeness (QED) is 0.324. The fourth-order valence-electron chi connectivity index (χ4n) is 3.77. The first-order valence-corrected chi connectivity index (χ1v) is 11.2. The van der Waals surface area contributed by atoms with Crippen molar-refractivity contribution in [3.05, 3.63) is 47.0 Å². The summed E-state index contributed by atoms with van der Waals surface area (Å²) >= 11 is 1.36. The number of benzene rings is 1. The van der Waals surface area contributed by atoms with Gasteiger partial charge in [-0.2, -0.15) is 0 Å². The molecule has 176 valence electrons. The van der Waals surface area contributed by atoms with Crippen LogP contribution >= 0.6 is 23.7 Å². The van der Waals surface area contributed by atoms with Gasteiger partial charge in [-0.05, 0) is 29.7 Å². The van der Waals surface area contributed by atoms with E-state index in [-0.39, 0.29) is 30.2 Å². The lowest BCUT2D eigenvalue weighted by molar-refractivity contribution is 0.103. The number of piperazine rings is 1. The Morgan fingerprint density at radius 2 is 1.67 bits per heavy atom. The second kappa shape index (κ2) is 10.5. The molecule has 0 radical (unpaired) electrons. The largest absolute Gasteiger partial charge is 0.370 e. The molecule has 1 aromatic heterocycles. The predicted molar refractivity (Wildman–Crippen MR) is 136 cm³/mol. The Balaban J connectivity index is 0.00000306. The molecule has 0 saturated carbocycles. The summed E-state index contributed by atoms with van der Waals surface area (Å²) in [5, 5.41) is 18.8. The molecule has 3 heterocycles. The third-order valence-electron chi connectivity index (χ3n) is 5.67. The van der Waals surface area contributed by atoms with E-state index in [1.165, 1.54) is 16.9 Å². The zero-order chi connectivity index (χ0) is 22.7. The van der Waals surface area contributed by atoms with E-state index in [0.717, 1.165) is 42.4 Å². The highest BCUT2D eigenvalue weighted by molar-refractivity contribution is 7.17. The van der Waals surface area contributed by atoms with Gasteiger partial charge < -0.3 is 31.5 Å². The Labute approximate surface area is 202 Å². The van der Waals surface area contributed by atoms with Crippen LogP contribution in [0.3, 0.4) is 0 Å². The first-order chi connectivity index (χ1) is 15.4. The smallest absolute Gasteiger partial charge is 0.267 e. The predicted octanol–water partition coefficient (Wildman–Crippen LogP) is 1.82. The number of nitrogens with zero attached hydrogens (tertiary/aromatic N) is 4. The minimum absolute atomic E-state index is 0. The van der Waals surface area contributed by atoms with Gasteiger partial charge in [0.25, 0.3) is 5.91 Å². The molecule has 0 aliphatic carbocycles. The normalized spacial score (nSPS) is 16.0. The van der Waals surface area contributed by atoms with Crippen LogP contribution in [0.4, 0.5) is 10.8 Å². The number of aromatic nitrogens is 1. The first kappa shape index (κ1) is 24.3. The number of nitrogens with two attached hydrogens (primary N) is 2. The Morgan fingerprint density at radius 1 is 1.00 bits per heavy atom. The zero-order valence-corrected chi connectivity index (χ0v) is 19.7. The summed E-state index contributed by atoms with van der Waals surface area (Å²) in [7, 11) is 0. The number of nitrogens with one attached hydrogen (secondary N) is 3. The number of carbonyl (C=O) groups is 1. The Bertz CT molecular complexity index is 1040. The minimum atomic E-state index is -0.183. The molecule has 1 fully saturated rings. The second-order valence-corrected chi connectivity index (χ2v) is 8.72. The van der Waals surface area contributed by atoms with Crippen molar-refractivity contribution >= 4 is 58.0 Å². The van der Waals surface area contributed by atoms with Gasteiger partial charge in [0.15, 0.2) is 17.1 Å². The lowest BCUT2D eigenvalue weighted by atomic mass is 9.99. The Hall–Kier alpha value is -3.31. The van der Waals surface area contributed by atoms with E-state index in [4.69, 9.17) is 22.3 Å². The zero-order valence-electron chi connectivity index (χ0n) is 18.1. The summed E-state index contributed by atoms with van der Waals surface area (Å²) in [4.78, 5) is 23.4. The molecule has 0 spiro atoms. The number of hydrogen-bond acceptors (Lipinski definition) is 6. The van der Waals surface area contributed by atoms with Gasteiger partial charge in [-0.25, -0.2) is 4.98 Å². The van der Waals surface area contributed by atoms with Crippen LogP contribution in [0.2, 0.25) is 0 Å². The number of rotatable bonds is 4. The summed E-state index contributed by atoms with van der Waals surface area (Å²) in [6.07, 6.45) is 4.53. The van der Waals surface area contributed by atoms with Crippen molar-refractivity contribution in [1.82, 2.24) is 14.8 Å². The van der Waals surface area contributed by atoms with Gasteiger partial charge in [0.05, 0.1) is 6.20 Å². The molecular formula is C21H28ClN9OS. The van der Waals surface area contributed by atoms with Crippen molar-refractivity contribution < 1.29 is 4.79 Å². The van der Waals surface area contributed by atoms with Crippen molar-refractivity contribution in [2.75, 3.05) is 49.5 Å². The molecule has 10 nitrogen and oxygen atoms in total. The van der Waals surface area contributed by atoms with E-state index < -0.39 is 0 Å². The van der Waals surface area contributed by atoms with E-state index in [1.807, 2.05) is 34.1 Å². The third kappa shape index (κ3) is 5.74. The maximum atomic E-state index is 12.7. The fraction of sp³-hybridized carbons (Fsp3) is 0.333. The van der Waals surface area contributed by atoms with Gasteiger partial charge in [0.2, 0.25) is 0 Å². The number of carbonyl (C=O) groups excluding carboxylic acids is 1. The first-order valence-electron chi connectivity index (χ1n) is 10.4. The molecule has 0 bridgehead atoms.